The fraction of sp³-hybridized carbons (Fsp3) is 0.360. The third-order valence-corrected chi connectivity index (χ3v) is 5.68. The number of benzene rings is 2. The topological polar surface area (TPSA) is 49.9 Å². The van der Waals surface area contributed by atoms with Crippen molar-refractivity contribution in [3.05, 3.63) is 64.9 Å². The molecule has 1 saturated heterocycles. The molecular formula is C25H28N2O3. The average Bonchev–Trinajstić information content (AvgIpc) is 3.33. The number of hydrogen-bond donors (Lipinski definition) is 0. The van der Waals surface area contributed by atoms with Crippen molar-refractivity contribution in [2.24, 2.45) is 0 Å². The summed E-state index contributed by atoms with van der Waals surface area (Å²) in [7, 11) is 0. The monoisotopic (exact) mass is 404 g/mol. The molecule has 0 atom stereocenters. The minimum atomic E-state index is -0.263. The van der Waals surface area contributed by atoms with Crippen molar-refractivity contribution in [2.75, 3.05) is 24.6 Å². The van der Waals surface area contributed by atoms with E-state index in [-0.39, 0.29) is 11.8 Å². The Morgan fingerprint density at radius 1 is 0.967 bits per heavy atom. The summed E-state index contributed by atoms with van der Waals surface area (Å²) in [4.78, 5) is 30.6. The third-order valence-electron chi connectivity index (χ3n) is 5.68. The number of carbonyl (C=O) groups excluding carboxylic acids is 2. The van der Waals surface area contributed by atoms with Gasteiger partial charge in [0.2, 0.25) is 0 Å². The Kier molecular flexibility index (Phi) is 5.62. The molecule has 2 aliphatic rings. The van der Waals surface area contributed by atoms with Gasteiger partial charge >= 0.3 is 0 Å². The van der Waals surface area contributed by atoms with Crippen molar-refractivity contribution in [1.82, 2.24) is 4.90 Å². The molecule has 30 heavy (non-hydrogen) atoms. The maximum Gasteiger partial charge on any atom is 0.282 e. The van der Waals surface area contributed by atoms with Gasteiger partial charge in [-0.1, -0.05) is 36.8 Å². The van der Waals surface area contributed by atoms with Gasteiger partial charge in [-0.15, -0.1) is 0 Å². The molecule has 2 amide bonds. The van der Waals surface area contributed by atoms with E-state index in [1.54, 1.807) is 12.1 Å². The van der Waals surface area contributed by atoms with Crippen LogP contribution < -0.4 is 9.64 Å². The predicted octanol–water partition coefficient (Wildman–Crippen LogP) is 4.47. The summed E-state index contributed by atoms with van der Waals surface area (Å²) in [5.41, 5.74) is 4.57. The molecule has 2 heterocycles. The molecule has 2 aliphatic heterocycles. The van der Waals surface area contributed by atoms with Gasteiger partial charge < -0.3 is 9.64 Å². The molecule has 0 aliphatic carbocycles. The van der Waals surface area contributed by atoms with E-state index in [2.05, 4.69) is 11.0 Å². The molecule has 5 nitrogen and oxygen atoms in total. The minimum absolute atomic E-state index is 0.246. The molecule has 2 aromatic rings. The van der Waals surface area contributed by atoms with E-state index >= 15 is 0 Å². The Hall–Kier alpha value is -3.08. The Balaban J connectivity index is 1.79. The van der Waals surface area contributed by atoms with Crippen LogP contribution in [0.1, 0.15) is 42.9 Å². The lowest BCUT2D eigenvalue weighted by Gasteiger charge is -2.20. The Morgan fingerprint density at radius 2 is 1.73 bits per heavy atom. The first-order chi connectivity index (χ1) is 14.5. The maximum absolute atomic E-state index is 13.6. The Morgan fingerprint density at radius 3 is 2.43 bits per heavy atom. The summed E-state index contributed by atoms with van der Waals surface area (Å²) >= 11 is 0. The second-order valence-corrected chi connectivity index (χ2v) is 8.03. The van der Waals surface area contributed by atoms with Crippen LogP contribution in [0.15, 0.2) is 48.2 Å². The van der Waals surface area contributed by atoms with E-state index in [4.69, 9.17) is 4.74 Å². The van der Waals surface area contributed by atoms with Gasteiger partial charge in [-0.3, -0.25) is 9.59 Å². The van der Waals surface area contributed by atoms with E-state index in [1.165, 1.54) is 4.90 Å². The smallest absolute Gasteiger partial charge is 0.282 e. The number of aryl methyl sites for hydroxylation is 2. The molecule has 0 radical (unpaired) electrons. The van der Waals surface area contributed by atoms with Gasteiger partial charge in [0, 0.05) is 19.2 Å². The highest BCUT2D eigenvalue weighted by molar-refractivity contribution is 6.45. The van der Waals surface area contributed by atoms with E-state index in [0.717, 1.165) is 49.0 Å². The van der Waals surface area contributed by atoms with Crippen LogP contribution in [0.3, 0.4) is 0 Å². The van der Waals surface area contributed by atoms with Crippen LogP contribution in [0.4, 0.5) is 5.69 Å². The van der Waals surface area contributed by atoms with Crippen molar-refractivity contribution < 1.29 is 14.3 Å². The van der Waals surface area contributed by atoms with E-state index in [9.17, 15) is 9.59 Å². The summed E-state index contributed by atoms with van der Waals surface area (Å²) in [6.07, 6.45) is 2.96. The SMILES string of the molecule is CCCOc1cccc(N2C(=O)C(c3ccc(C)cc3C)=C(N3CCCC3)C2=O)c1. The van der Waals surface area contributed by atoms with Gasteiger partial charge in [0.1, 0.15) is 11.4 Å². The van der Waals surface area contributed by atoms with Gasteiger partial charge in [-0.2, -0.15) is 0 Å². The molecule has 5 heteroatoms. The van der Waals surface area contributed by atoms with E-state index in [1.807, 2.05) is 45.0 Å². The number of carbonyl (C=O) groups is 2. The highest BCUT2D eigenvalue weighted by Gasteiger charge is 2.43. The highest BCUT2D eigenvalue weighted by Crippen LogP contribution is 2.38. The first-order valence-electron chi connectivity index (χ1n) is 10.7. The van der Waals surface area contributed by atoms with Crippen LogP contribution in [-0.4, -0.2) is 36.4 Å². The Bertz CT molecular complexity index is 1020. The average molecular weight is 405 g/mol. The van der Waals surface area contributed by atoms with E-state index < -0.39 is 0 Å². The first-order valence-corrected chi connectivity index (χ1v) is 10.7. The highest BCUT2D eigenvalue weighted by atomic mass is 16.5. The van der Waals surface area contributed by atoms with Crippen LogP contribution in [0.25, 0.3) is 5.57 Å². The van der Waals surface area contributed by atoms with Crippen molar-refractivity contribution in [3.8, 4) is 5.75 Å². The quantitative estimate of drug-likeness (QED) is 0.667. The number of ether oxygens (including phenoxy) is 1. The summed E-state index contributed by atoms with van der Waals surface area (Å²) in [6, 6.07) is 13.3. The number of rotatable bonds is 6. The minimum Gasteiger partial charge on any atom is -0.494 e. The van der Waals surface area contributed by atoms with E-state index in [0.29, 0.717) is 29.3 Å². The summed E-state index contributed by atoms with van der Waals surface area (Å²) in [5, 5.41) is 0. The summed E-state index contributed by atoms with van der Waals surface area (Å²) in [6.45, 7) is 8.27. The molecule has 2 aromatic carbocycles. The van der Waals surface area contributed by atoms with Crippen LogP contribution in [-0.2, 0) is 9.59 Å². The zero-order chi connectivity index (χ0) is 21.3. The lowest BCUT2D eigenvalue weighted by molar-refractivity contribution is -0.120. The fourth-order valence-electron chi connectivity index (χ4n) is 4.26. The number of likely N-dealkylation sites (tertiary alicyclic amines) is 1. The molecule has 0 spiro atoms. The van der Waals surface area contributed by atoms with Crippen molar-refractivity contribution in [1.29, 1.82) is 0 Å². The maximum atomic E-state index is 13.6. The Labute approximate surface area is 177 Å². The molecule has 0 unspecified atom stereocenters. The van der Waals surface area contributed by atoms with Crippen LogP contribution in [0, 0.1) is 13.8 Å². The zero-order valence-electron chi connectivity index (χ0n) is 17.9. The van der Waals surface area contributed by atoms with Gasteiger partial charge in [0.05, 0.1) is 17.9 Å². The standard InChI is InChI=1S/C25H28N2O3/c1-4-14-30-20-9-7-8-19(16-20)27-24(28)22(21-11-10-17(2)15-18(21)3)23(25(27)29)26-12-5-6-13-26/h7-11,15-16H,4-6,12-14H2,1-3H3. The van der Waals surface area contributed by atoms with Crippen LogP contribution in [0.2, 0.25) is 0 Å². The number of hydrogen-bond acceptors (Lipinski definition) is 4. The van der Waals surface area contributed by atoms with Crippen LogP contribution in [0.5, 0.6) is 5.75 Å². The molecular weight excluding hydrogens is 376 g/mol. The zero-order valence-corrected chi connectivity index (χ0v) is 17.9. The van der Waals surface area contributed by atoms with Gasteiger partial charge in [-0.05, 0) is 56.4 Å². The normalized spacial score (nSPS) is 16.8. The number of nitrogens with zero attached hydrogens (tertiary/aromatic N) is 2. The molecule has 0 N–H and O–H groups in total. The largest absolute Gasteiger partial charge is 0.494 e. The molecule has 0 bridgehead atoms. The summed E-state index contributed by atoms with van der Waals surface area (Å²) < 4.78 is 5.72. The number of anilines is 1. The van der Waals surface area contributed by atoms with Crippen molar-refractivity contribution in [2.45, 2.75) is 40.0 Å². The molecule has 4 rings (SSSR count). The second-order valence-electron chi connectivity index (χ2n) is 8.03. The first kappa shape index (κ1) is 20.2. The molecule has 0 aromatic heterocycles. The number of imide groups is 1. The molecule has 0 saturated carbocycles. The lowest BCUT2D eigenvalue weighted by Crippen LogP contribution is -2.34. The fourth-order valence-corrected chi connectivity index (χ4v) is 4.26. The van der Waals surface area contributed by atoms with Gasteiger partial charge in [0.15, 0.2) is 0 Å². The molecule has 156 valence electrons. The third kappa shape index (κ3) is 3.60. The summed E-state index contributed by atoms with van der Waals surface area (Å²) in [5.74, 6) is 0.156. The van der Waals surface area contributed by atoms with Crippen molar-refractivity contribution >= 4 is 23.1 Å². The number of amides is 2. The lowest BCUT2D eigenvalue weighted by atomic mass is 9.97. The second kappa shape index (κ2) is 8.34. The van der Waals surface area contributed by atoms with Crippen LogP contribution >= 0.6 is 0 Å². The van der Waals surface area contributed by atoms with Gasteiger partial charge in [0.25, 0.3) is 11.8 Å². The van der Waals surface area contributed by atoms with Crippen molar-refractivity contribution in [3.63, 3.8) is 0 Å². The predicted molar refractivity (Wildman–Crippen MR) is 118 cm³/mol. The molecule has 1 fully saturated rings. The van der Waals surface area contributed by atoms with Gasteiger partial charge in [-0.25, -0.2) is 4.90 Å².